The Balaban J connectivity index is 0.00000729. The van der Waals surface area contributed by atoms with Gasteiger partial charge < -0.3 is 10.2 Å². The minimum atomic E-state index is 0. The molecule has 0 aromatic carbocycles. The van der Waals surface area contributed by atoms with Gasteiger partial charge in [0.2, 0.25) is 0 Å². The van der Waals surface area contributed by atoms with Crippen molar-refractivity contribution in [2.75, 3.05) is 38.5 Å². The first-order valence-corrected chi connectivity index (χ1v) is 12.9. The Hall–Kier alpha value is 0.670. The highest BCUT2D eigenvalue weighted by Gasteiger charge is 2.09. The topological polar surface area (TPSA) is 32.3 Å². The van der Waals surface area contributed by atoms with Crippen molar-refractivity contribution >= 4 is 40.9 Å². The Kier molecular flexibility index (Phi) is 22.9. The molecule has 168 valence electrons. The first-order chi connectivity index (χ1) is 13.3. The number of rotatable bonds is 18. The smallest absolute Gasteiger partial charge is 0.188 e. The fourth-order valence-corrected chi connectivity index (χ4v) is 4.56. The molecule has 0 unspecified atom stereocenters. The Morgan fingerprint density at radius 1 is 0.786 bits per heavy atom. The fourth-order valence-electron chi connectivity index (χ4n) is 3.77. The maximum absolute atomic E-state index is 11.9. The highest BCUT2D eigenvalue weighted by molar-refractivity contribution is 14.0. The van der Waals surface area contributed by atoms with E-state index in [0.29, 0.717) is 5.12 Å². The van der Waals surface area contributed by atoms with Crippen molar-refractivity contribution in [2.24, 2.45) is 0 Å². The molecule has 0 spiro atoms. The SMILES string of the molecule is CCCCCCCCCCCCCCCC(=O)SCCCN1CCNCC1.I. The molecule has 1 fully saturated rings. The maximum Gasteiger partial charge on any atom is 0.188 e. The zero-order valence-corrected chi connectivity index (χ0v) is 21.7. The molecule has 1 N–H and O–H groups in total. The molecule has 0 bridgehead atoms. The highest BCUT2D eigenvalue weighted by atomic mass is 127. The molecule has 0 aromatic heterocycles. The van der Waals surface area contributed by atoms with Gasteiger partial charge in [0.25, 0.3) is 0 Å². The van der Waals surface area contributed by atoms with Gasteiger partial charge in [-0.1, -0.05) is 95.7 Å². The zero-order valence-electron chi connectivity index (χ0n) is 18.5. The molecule has 0 aromatic rings. The maximum atomic E-state index is 11.9. The lowest BCUT2D eigenvalue weighted by Gasteiger charge is -2.26. The van der Waals surface area contributed by atoms with Crippen LogP contribution in [-0.2, 0) is 4.79 Å². The number of carbonyl (C=O) groups is 1. The first-order valence-electron chi connectivity index (χ1n) is 11.9. The van der Waals surface area contributed by atoms with Gasteiger partial charge in [-0.15, -0.1) is 24.0 Å². The van der Waals surface area contributed by atoms with Crippen LogP contribution in [0.5, 0.6) is 0 Å². The zero-order chi connectivity index (χ0) is 19.4. The minimum absolute atomic E-state index is 0. The third kappa shape index (κ3) is 18.7. The van der Waals surface area contributed by atoms with Crippen LogP contribution in [0.4, 0.5) is 0 Å². The molecule has 1 rings (SSSR count). The molecule has 0 aliphatic carbocycles. The molecule has 1 saturated heterocycles. The van der Waals surface area contributed by atoms with E-state index in [2.05, 4.69) is 17.1 Å². The highest BCUT2D eigenvalue weighted by Crippen LogP contribution is 2.15. The molecule has 0 amide bonds. The summed E-state index contributed by atoms with van der Waals surface area (Å²) in [6, 6.07) is 0. The number of nitrogens with one attached hydrogen (secondary N) is 1. The van der Waals surface area contributed by atoms with Crippen LogP contribution < -0.4 is 5.32 Å². The average Bonchev–Trinajstić information content (AvgIpc) is 2.69. The van der Waals surface area contributed by atoms with Crippen LogP contribution in [-0.4, -0.2) is 48.5 Å². The summed E-state index contributed by atoms with van der Waals surface area (Å²) in [4.78, 5) is 14.4. The molecule has 1 aliphatic heterocycles. The van der Waals surface area contributed by atoms with E-state index in [1.807, 2.05) is 0 Å². The van der Waals surface area contributed by atoms with Crippen LogP contribution in [0.3, 0.4) is 0 Å². The number of nitrogens with zero attached hydrogens (tertiary/aromatic N) is 1. The third-order valence-corrected chi connectivity index (χ3v) is 6.59. The monoisotopic (exact) mass is 526 g/mol. The second kappa shape index (κ2) is 22.4. The number of hydrogen-bond acceptors (Lipinski definition) is 4. The van der Waals surface area contributed by atoms with Crippen molar-refractivity contribution in [3.63, 3.8) is 0 Å². The van der Waals surface area contributed by atoms with Gasteiger partial charge in [-0.3, -0.25) is 4.79 Å². The van der Waals surface area contributed by atoms with Crippen LogP contribution in [0.2, 0.25) is 0 Å². The normalized spacial score (nSPS) is 14.8. The lowest BCUT2D eigenvalue weighted by Crippen LogP contribution is -2.43. The van der Waals surface area contributed by atoms with E-state index in [1.165, 1.54) is 77.0 Å². The molecule has 28 heavy (non-hydrogen) atoms. The number of thioether (sulfide) groups is 1. The van der Waals surface area contributed by atoms with E-state index < -0.39 is 0 Å². The van der Waals surface area contributed by atoms with Gasteiger partial charge >= 0.3 is 0 Å². The summed E-state index contributed by atoms with van der Waals surface area (Å²) in [7, 11) is 0. The molecule has 1 aliphatic rings. The number of carbonyl (C=O) groups excluding carboxylic acids is 1. The fraction of sp³-hybridized carbons (Fsp3) is 0.957. The number of unbranched alkanes of at least 4 members (excludes halogenated alkanes) is 12. The second-order valence-corrected chi connectivity index (χ2v) is 9.31. The molecule has 0 atom stereocenters. The van der Waals surface area contributed by atoms with E-state index in [9.17, 15) is 4.79 Å². The Morgan fingerprint density at radius 2 is 1.29 bits per heavy atom. The number of piperazine rings is 1. The van der Waals surface area contributed by atoms with Gasteiger partial charge in [-0.25, -0.2) is 0 Å². The van der Waals surface area contributed by atoms with E-state index in [1.54, 1.807) is 11.8 Å². The van der Waals surface area contributed by atoms with Crippen LogP contribution in [0.15, 0.2) is 0 Å². The molecule has 0 saturated carbocycles. The Morgan fingerprint density at radius 3 is 1.82 bits per heavy atom. The van der Waals surface area contributed by atoms with Gasteiger partial charge in [-0.2, -0.15) is 0 Å². The van der Waals surface area contributed by atoms with Crippen molar-refractivity contribution in [3.05, 3.63) is 0 Å². The van der Waals surface area contributed by atoms with Crippen molar-refractivity contribution in [1.82, 2.24) is 10.2 Å². The summed E-state index contributed by atoms with van der Waals surface area (Å²) in [5.74, 6) is 1.00. The summed E-state index contributed by atoms with van der Waals surface area (Å²) >= 11 is 1.57. The number of hydrogen-bond donors (Lipinski definition) is 1. The van der Waals surface area contributed by atoms with E-state index in [0.717, 1.165) is 57.7 Å². The molecule has 0 radical (unpaired) electrons. The second-order valence-electron chi connectivity index (χ2n) is 8.16. The first kappa shape index (κ1) is 28.7. The average molecular weight is 527 g/mol. The van der Waals surface area contributed by atoms with Crippen molar-refractivity contribution in [1.29, 1.82) is 0 Å². The Bertz CT molecular complexity index is 339. The van der Waals surface area contributed by atoms with Gasteiger partial charge in [0.05, 0.1) is 0 Å². The molecule has 1 heterocycles. The lowest BCUT2D eigenvalue weighted by atomic mass is 10.0. The van der Waals surface area contributed by atoms with Crippen LogP contribution in [0.1, 0.15) is 103 Å². The van der Waals surface area contributed by atoms with Gasteiger partial charge in [0, 0.05) is 38.4 Å². The van der Waals surface area contributed by atoms with Crippen molar-refractivity contribution in [3.8, 4) is 0 Å². The van der Waals surface area contributed by atoms with E-state index in [-0.39, 0.29) is 24.0 Å². The minimum Gasteiger partial charge on any atom is -0.314 e. The summed E-state index contributed by atoms with van der Waals surface area (Å²) in [6.45, 7) is 8.00. The summed E-state index contributed by atoms with van der Waals surface area (Å²) < 4.78 is 0. The summed E-state index contributed by atoms with van der Waals surface area (Å²) in [6.07, 6.45) is 19.7. The van der Waals surface area contributed by atoms with Crippen molar-refractivity contribution < 1.29 is 4.79 Å². The molecule has 3 nitrogen and oxygen atoms in total. The molecular formula is C23H47IN2OS. The summed E-state index contributed by atoms with van der Waals surface area (Å²) in [5, 5.41) is 3.80. The molecular weight excluding hydrogens is 479 g/mol. The number of halogens is 1. The largest absolute Gasteiger partial charge is 0.314 e. The quantitative estimate of drug-likeness (QED) is 0.160. The van der Waals surface area contributed by atoms with E-state index >= 15 is 0 Å². The predicted molar refractivity (Wildman–Crippen MR) is 137 cm³/mol. The van der Waals surface area contributed by atoms with Crippen molar-refractivity contribution in [2.45, 2.75) is 103 Å². The van der Waals surface area contributed by atoms with Crippen LogP contribution in [0, 0.1) is 0 Å². The molecule has 5 heteroatoms. The third-order valence-electron chi connectivity index (χ3n) is 5.58. The lowest BCUT2D eigenvalue weighted by molar-refractivity contribution is -0.111. The van der Waals surface area contributed by atoms with E-state index in [4.69, 9.17) is 0 Å². The predicted octanol–water partition coefficient (Wildman–Crippen LogP) is 6.64. The van der Waals surface area contributed by atoms with Gasteiger partial charge in [-0.05, 0) is 19.4 Å². The van der Waals surface area contributed by atoms with Gasteiger partial charge in [0.1, 0.15) is 0 Å². The Labute approximate surface area is 197 Å². The standard InChI is InChI=1S/C23H46N2OS.HI/c1-2-3-4-5-6-7-8-9-10-11-12-13-14-16-23(26)27-22-15-19-25-20-17-24-18-21-25;/h24H,2-22H2,1H3;1H. The van der Waals surface area contributed by atoms with Crippen LogP contribution >= 0.6 is 35.7 Å². The van der Waals surface area contributed by atoms with Gasteiger partial charge in [0.15, 0.2) is 5.12 Å². The summed E-state index contributed by atoms with van der Waals surface area (Å²) in [5.41, 5.74) is 0. The van der Waals surface area contributed by atoms with Crippen LogP contribution in [0.25, 0.3) is 0 Å².